The monoisotopic (exact) mass is 428 g/mol. The molecule has 9 heteroatoms. The molecular weight excluding hydrogens is 413 g/mol. The van der Waals surface area contributed by atoms with E-state index >= 15 is 0 Å². The molecule has 138 valence electrons. The Hall–Kier alpha value is -2.13. The minimum Gasteiger partial charge on any atom is -0.389 e. The van der Waals surface area contributed by atoms with Crippen molar-refractivity contribution in [2.24, 2.45) is 0 Å². The van der Waals surface area contributed by atoms with Crippen LogP contribution in [0.2, 0.25) is 0 Å². The summed E-state index contributed by atoms with van der Waals surface area (Å²) in [7, 11) is 0. The van der Waals surface area contributed by atoms with E-state index < -0.39 is 24.9 Å². The van der Waals surface area contributed by atoms with Crippen LogP contribution in [-0.4, -0.2) is 30.9 Å². The van der Waals surface area contributed by atoms with E-state index in [-0.39, 0.29) is 0 Å². The highest BCUT2D eigenvalue weighted by molar-refractivity contribution is 9.10. The summed E-state index contributed by atoms with van der Waals surface area (Å²) in [5, 5.41) is 13.9. The Labute approximate surface area is 156 Å². The molecule has 0 amide bonds. The van der Waals surface area contributed by atoms with Crippen LogP contribution in [0.25, 0.3) is 11.4 Å². The molecule has 2 aromatic heterocycles. The van der Waals surface area contributed by atoms with Crippen molar-refractivity contribution >= 4 is 15.9 Å². The fourth-order valence-corrected chi connectivity index (χ4v) is 3.18. The number of aliphatic hydroxyl groups is 1. The fraction of sp³-hybridized carbons (Fsp3) is 0.294. The van der Waals surface area contributed by atoms with Crippen LogP contribution < -0.4 is 0 Å². The van der Waals surface area contributed by atoms with Crippen LogP contribution in [0.5, 0.6) is 0 Å². The third kappa shape index (κ3) is 3.83. The van der Waals surface area contributed by atoms with Gasteiger partial charge in [0.1, 0.15) is 22.8 Å². The molecule has 1 atom stereocenters. The average molecular weight is 429 g/mol. The summed E-state index contributed by atoms with van der Waals surface area (Å²) < 4.78 is 42.1. The van der Waals surface area contributed by atoms with Gasteiger partial charge >= 0.3 is 0 Å². The first-order chi connectivity index (χ1) is 12.4. The lowest BCUT2D eigenvalue weighted by Crippen LogP contribution is -2.09. The van der Waals surface area contributed by atoms with Gasteiger partial charge < -0.3 is 9.67 Å². The quantitative estimate of drug-likeness (QED) is 0.644. The lowest BCUT2D eigenvalue weighted by Gasteiger charge is -2.14. The summed E-state index contributed by atoms with van der Waals surface area (Å²) in [4.78, 5) is 4.31. The number of imidazole rings is 1. The van der Waals surface area contributed by atoms with Crippen molar-refractivity contribution in [2.75, 3.05) is 0 Å². The molecule has 0 bridgehead atoms. The van der Waals surface area contributed by atoms with Crippen molar-refractivity contribution in [2.45, 2.75) is 32.5 Å². The van der Waals surface area contributed by atoms with E-state index in [0.717, 1.165) is 0 Å². The predicted molar refractivity (Wildman–Crippen MR) is 93.3 cm³/mol. The molecule has 1 aromatic carbocycles. The second-order valence-corrected chi connectivity index (χ2v) is 6.57. The molecule has 3 aromatic rings. The third-order valence-corrected chi connectivity index (χ3v) is 4.83. The van der Waals surface area contributed by atoms with Gasteiger partial charge in [-0.1, -0.05) is 0 Å². The van der Waals surface area contributed by atoms with Crippen LogP contribution in [0.15, 0.2) is 41.4 Å². The maximum atomic E-state index is 13.5. The Bertz CT molecular complexity index is 907. The number of hydrogen-bond acceptors (Lipinski definition) is 3. The zero-order valence-electron chi connectivity index (χ0n) is 13.8. The Morgan fingerprint density at radius 2 is 2.08 bits per heavy atom. The van der Waals surface area contributed by atoms with Crippen molar-refractivity contribution in [3.8, 4) is 11.4 Å². The van der Waals surface area contributed by atoms with Gasteiger partial charge in [-0.25, -0.2) is 18.2 Å². The lowest BCUT2D eigenvalue weighted by atomic mass is 10.0. The molecule has 0 aliphatic heterocycles. The maximum absolute atomic E-state index is 13.5. The Morgan fingerprint density at radius 3 is 2.77 bits per heavy atom. The topological polar surface area (TPSA) is 55.9 Å². The first-order valence-electron chi connectivity index (χ1n) is 7.84. The van der Waals surface area contributed by atoms with Crippen molar-refractivity contribution < 1.29 is 18.3 Å². The summed E-state index contributed by atoms with van der Waals surface area (Å²) in [6.07, 6.45) is 1.45. The molecule has 0 saturated carbocycles. The lowest BCUT2D eigenvalue weighted by molar-refractivity contribution is 0.121. The van der Waals surface area contributed by atoms with Crippen LogP contribution in [0, 0.1) is 5.82 Å². The predicted octanol–water partition coefficient (Wildman–Crippen LogP) is 4.01. The molecule has 1 unspecified atom stereocenters. The van der Waals surface area contributed by atoms with Crippen LogP contribution in [-0.2, 0) is 13.1 Å². The second-order valence-electron chi connectivity index (χ2n) is 5.82. The second kappa shape index (κ2) is 7.63. The van der Waals surface area contributed by atoms with Crippen LogP contribution in [0.3, 0.4) is 0 Å². The molecule has 3 rings (SSSR count). The van der Waals surface area contributed by atoms with Crippen molar-refractivity contribution in [3.63, 3.8) is 0 Å². The molecular formula is C17H16BrF3N4O. The fourth-order valence-electron chi connectivity index (χ4n) is 2.72. The van der Waals surface area contributed by atoms with Gasteiger partial charge in [0.15, 0.2) is 0 Å². The highest BCUT2D eigenvalue weighted by Gasteiger charge is 2.17. The zero-order valence-corrected chi connectivity index (χ0v) is 15.4. The largest absolute Gasteiger partial charge is 0.389 e. The summed E-state index contributed by atoms with van der Waals surface area (Å²) in [6.45, 7) is 1.38. The first kappa shape index (κ1) is 18.7. The number of rotatable bonds is 6. The number of halogens is 4. The van der Waals surface area contributed by atoms with Crippen LogP contribution >= 0.6 is 15.9 Å². The molecule has 2 heterocycles. The summed E-state index contributed by atoms with van der Waals surface area (Å²) in [6, 6.07) is 4.14. The van der Waals surface area contributed by atoms with E-state index in [1.807, 2.05) is 0 Å². The van der Waals surface area contributed by atoms with Gasteiger partial charge in [-0.15, -0.1) is 0 Å². The number of alkyl halides is 2. The van der Waals surface area contributed by atoms with E-state index in [1.54, 1.807) is 30.0 Å². The van der Waals surface area contributed by atoms with Gasteiger partial charge in [0, 0.05) is 23.5 Å². The van der Waals surface area contributed by atoms with Gasteiger partial charge in [0.05, 0.1) is 18.8 Å². The zero-order chi connectivity index (χ0) is 18.8. The smallest absolute Gasteiger partial charge is 0.257 e. The average Bonchev–Trinajstić information content (AvgIpc) is 3.16. The van der Waals surface area contributed by atoms with Gasteiger partial charge in [-0.3, -0.25) is 4.68 Å². The van der Waals surface area contributed by atoms with Gasteiger partial charge in [0.2, 0.25) is 0 Å². The van der Waals surface area contributed by atoms with Crippen molar-refractivity contribution in [3.05, 3.63) is 58.3 Å². The van der Waals surface area contributed by atoms with E-state index in [2.05, 4.69) is 26.0 Å². The highest BCUT2D eigenvalue weighted by Crippen LogP contribution is 2.29. The Morgan fingerprint density at radius 1 is 1.31 bits per heavy atom. The molecule has 5 nitrogen and oxygen atoms in total. The molecule has 26 heavy (non-hydrogen) atoms. The van der Waals surface area contributed by atoms with E-state index in [9.17, 15) is 18.3 Å². The Balaban J connectivity index is 1.95. The molecule has 0 spiro atoms. The van der Waals surface area contributed by atoms with E-state index in [1.165, 1.54) is 23.0 Å². The number of aliphatic hydroxyl groups excluding tert-OH is 1. The molecule has 1 N–H and O–H groups in total. The van der Waals surface area contributed by atoms with Crippen LogP contribution in [0.1, 0.15) is 24.2 Å². The van der Waals surface area contributed by atoms with E-state index in [0.29, 0.717) is 33.7 Å². The van der Waals surface area contributed by atoms with Crippen molar-refractivity contribution in [1.82, 2.24) is 19.3 Å². The minimum atomic E-state index is -2.50. The molecule has 0 radical (unpaired) electrons. The van der Waals surface area contributed by atoms with Gasteiger partial charge in [-0.05, 0) is 46.6 Å². The molecule has 0 saturated heterocycles. The maximum Gasteiger partial charge on any atom is 0.257 e. The Kier molecular flexibility index (Phi) is 5.47. The highest BCUT2D eigenvalue weighted by atomic mass is 79.9. The van der Waals surface area contributed by atoms with Gasteiger partial charge in [-0.2, -0.15) is 5.10 Å². The van der Waals surface area contributed by atoms with E-state index in [4.69, 9.17) is 0 Å². The minimum absolute atomic E-state index is 0.329. The normalized spacial score (nSPS) is 12.7. The SMILES string of the molecule is CC(O)c1cc(F)ccc1-c1nccn1Cc1cnn(CC(F)F)c1Br. The molecule has 0 aliphatic rings. The number of nitrogens with zero attached hydrogens (tertiary/aromatic N) is 4. The summed E-state index contributed by atoms with van der Waals surface area (Å²) >= 11 is 3.30. The molecule has 0 aliphatic carbocycles. The van der Waals surface area contributed by atoms with Crippen LogP contribution in [0.4, 0.5) is 13.2 Å². The molecule has 0 fully saturated rings. The summed E-state index contributed by atoms with van der Waals surface area (Å²) in [5.74, 6) is 0.0909. The summed E-state index contributed by atoms with van der Waals surface area (Å²) in [5.41, 5.74) is 1.72. The first-order valence-corrected chi connectivity index (χ1v) is 8.63. The number of aromatic nitrogens is 4. The third-order valence-electron chi connectivity index (χ3n) is 3.92. The standard InChI is InChI=1S/C17H16BrF3N4O/c1-10(26)14-6-12(19)2-3-13(14)17-22-4-5-24(17)8-11-7-23-25(16(11)18)9-15(20)21/h2-7,10,15,26H,8-9H2,1H3. The van der Waals surface area contributed by atoms with Gasteiger partial charge in [0.25, 0.3) is 6.43 Å². The van der Waals surface area contributed by atoms with Crippen molar-refractivity contribution in [1.29, 1.82) is 0 Å². The number of benzene rings is 1. The number of hydrogen-bond donors (Lipinski definition) is 1.